The Morgan fingerprint density at radius 2 is 1.81 bits per heavy atom. The third-order valence-electron chi connectivity index (χ3n) is 3.76. The van der Waals surface area contributed by atoms with Crippen LogP contribution in [0.5, 0.6) is 0 Å². The standard InChI is InChI=1S/C19H15ClFN3O3/c20-15-4-2-1-3-14(15)16(25)9-10-17(26)22-11-18-23-19(24-27-18)12-5-7-13(21)8-6-12/h1-8H,9-11H2,(H,22,26). The van der Waals surface area contributed by atoms with Crippen LogP contribution < -0.4 is 5.32 Å². The average molecular weight is 388 g/mol. The molecule has 0 saturated carbocycles. The van der Waals surface area contributed by atoms with Crippen LogP contribution in [0.2, 0.25) is 5.02 Å². The van der Waals surface area contributed by atoms with Gasteiger partial charge >= 0.3 is 0 Å². The van der Waals surface area contributed by atoms with Gasteiger partial charge in [0.25, 0.3) is 0 Å². The molecule has 8 heteroatoms. The third-order valence-corrected chi connectivity index (χ3v) is 4.09. The van der Waals surface area contributed by atoms with E-state index in [0.717, 1.165) is 0 Å². The number of ketones is 1. The van der Waals surface area contributed by atoms with E-state index >= 15 is 0 Å². The molecule has 0 bridgehead atoms. The van der Waals surface area contributed by atoms with Crippen molar-refractivity contribution >= 4 is 23.3 Å². The molecule has 0 aliphatic heterocycles. The van der Waals surface area contributed by atoms with Crippen LogP contribution in [-0.4, -0.2) is 21.8 Å². The molecule has 3 aromatic rings. The first kappa shape index (κ1) is 18.7. The number of Topliss-reactive ketones (excluding diaryl/α,β-unsaturated/α-hetero) is 1. The Labute approximate surface area is 159 Å². The van der Waals surface area contributed by atoms with Crippen molar-refractivity contribution in [3.8, 4) is 11.4 Å². The highest BCUT2D eigenvalue weighted by Crippen LogP contribution is 2.18. The van der Waals surface area contributed by atoms with E-state index in [0.29, 0.717) is 22.0 Å². The Hall–Kier alpha value is -3.06. The summed E-state index contributed by atoms with van der Waals surface area (Å²) in [6, 6.07) is 12.4. The number of benzene rings is 2. The van der Waals surface area contributed by atoms with Gasteiger partial charge in [0.1, 0.15) is 5.82 Å². The molecule has 2 aromatic carbocycles. The van der Waals surface area contributed by atoms with Crippen molar-refractivity contribution in [1.82, 2.24) is 15.5 Å². The Balaban J connectivity index is 1.49. The molecule has 0 radical (unpaired) electrons. The van der Waals surface area contributed by atoms with Crippen LogP contribution in [0.25, 0.3) is 11.4 Å². The van der Waals surface area contributed by atoms with Crippen molar-refractivity contribution in [1.29, 1.82) is 0 Å². The smallest absolute Gasteiger partial charge is 0.246 e. The van der Waals surface area contributed by atoms with E-state index in [1.54, 1.807) is 24.3 Å². The van der Waals surface area contributed by atoms with Gasteiger partial charge in [-0.15, -0.1) is 0 Å². The van der Waals surface area contributed by atoms with E-state index in [1.165, 1.54) is 24.3 Å². The molecule has 1 amide bonds. The number of amides is 1. The number of nitrogens with zero attached hydrogens (tertiary/aromatic N) is 2. The maximum absolute atomic E-state index is 12.9. The lowest BCUT2D eigenvalue weighted by Crippen LogP contribution is -2.23. The van der Waals surface area contributed by atoms with Crippen molar-refractivity contribution in [2.75, 3.05) is 0 Å². The number of carbonyl (C=O) groups excluding carboxylic acids is 2. The molecule has 0 atom stereocenters. The molecular weight excluding hydrogens is 373 g/mol. The molecule has 1 aromatic heterocycles. The lowest BCUT2D eigenvalue weighted by atomic mass is 10.1. The summed E-state index contributed by atoms with van der Waals surface area (Å²) in [6.45, 7) is 0.0350. The quantitative estimate of drug-likeness (QED) is 0.623. The van der Waals surface area contributed by atoms with Crippen LogP contribution >= 0.6 is 11.6 Å². The molecule has 0 aliphatic carbocycles. The van der Waals surface area contributed by atoms with E-state index < -0.39 is 0 Å². The van der Waals surface area contributed by atoms with E-state index in [-0.39, 0.29) is 42.8 Å². The van der Waals surface area contributed by atoms with Gasteiger partial charge < -0.3 is 9.84 Å². The van der Waals surface area contributed by atoms with Crippen LogP contribution in [0.4, 0.5) is 4.39 Å². The Morgan fingerprint density at radius 1 is 1.07 bits per heavy atom. The van der Waals surface area contributed by atoms with Crippen molar-refractivity contribution in [3.63, 3.8) is 0 Å². The van der Waals surface area contributed by atoms with Crippen LogP contribution in [0.1, 0.15) is 29.1 Å². The second-order valence-electron chi connectivity index (χ2n) is 5.70. The summed E-state index contributed by atoms with van der Waals surface area (Å²) < 4.78 is 18.0. The zero-order valence-electron chi connectivity index (χ0n) is 14.1. The number of rotatable bonds is 7. The average Bonchev–Trinajstić information content (AvgIpc) is 3.14. The maximum Gasteiger partial charge on any atom is 0.246 e. The number of aromatic nitrogens is 2. The normalized spacial score (nSPS) is 10.6. The molecule has 0 fully saturated rings. The van der Waals surface area contributed by atoms with Crippen LogP contribution in [0.15, 0.2) is 53.1 Å². The van der Waals surface area contributed by atoms with Crippen LogP contribution in [-0.2, 0) is 11.3 Å². The fourth-order valence-electron chi connectivity index (χ4n) is 2.35. The van der Waals surface area contributed by atoms with E-state index in [2.05, 4.69) is 15.5 Å². The van der Waals surface area contributed by atoms with Crippen molar-refractivity contribution in [2.45, 2.75) is 19.4 Å². The first-order valence-electron chi connectivity index (χ1n) is 8.16. The molecule has 6 nitrogen and oxygen atoms in total. The minimum absolute atomic E-state index is 0.0169. The van der Waals surface area contributed by atoms with Gasteiger partial charge in [0.2, 0.25) is 17.6 Å². The van der Waals surface area contributed by atoms with Crippen LogP contribution in [0.3, 0.4) is 0 Å². The molecule has 138 valence electrons. The summed E-state index contributed by atoms with van der Waals surface area (Å²) in [5, 5.41) is 6.77. The first-order valence-corrected chi connectivity index (χ1v) is 8.53. The highest BCUT2D eigenvalue weighted by atomic mass is 35.5. The SMILES string of the molecule is O=C(CCC(=O)c1ccccc1Cl)NCc1nc(-c2ccc(F)cc2)no1. The summed E-state index contributed by atoms with van der Waals surface area (Å²) >= 11 is 5.97. The number of hydrogen-bond acceptors (Lipinski definition) is 5. The van der Waals surface area contributed by atoms with Crippen LogP contribution in [0, 0.1) is 5.82 Å². The number of nitrogens with one attached hydrogen (secondary N) is 1. The predicted molar refractivity (Wildman–Crippen MR) is 96.6 cm³/mol. The Kier molecular flexibility index (Phi) is 5.93. The maximum atomic E-state index is 12.9. The molecule has 1 N–H and O–H groups in total. The largest absolute Gasteiger partial charge is 0.347 e. The van der Waals surface area contributed by atoms with Crippen molar-refractivity contribution < 1.29 is 18.5 Å². The zero-order valence-corrected chi connectivity index (χ0v) is 14.9. The topological polar surface area (TPSA) is 85.1 Å². The van der Waals surface area contributed by atoms with E-state index in [9.17, 15) is 14.0 Å². The lowest BCUT2D eigenvalue weighted by Gasteiger charge is -2.04. The summed E-state index contributed by atoms with van der Waals surface area (Å²) in [4.78, 5) is 28.2. The van der Waals surface area contributed by atoms with Crippen molar-refractivity contribution in [2.24, 2.45) is 0 Å². The number of halogens is 2. The van der Waals surface area contributed by atoms with Gasteiger partial charge in [-0.2, -0.15) is 4.98 Å². The third kappa shape index (κ3) is 4.98. The van der Waals surface area contributed by atoms with Gasteiger partial charge in [0.05, 0.1) is 11.6 Å². The minimum Gasteiger partial charge on any atom is -0.347 e. The monoisotopic (exact) mass is 387 g/mol. The molecule has 27 heavy (non-hydrogen) atoms. The summed E-state index contributed by atoms with van der Waals surface area (Å²) in [5.74, 6) is -0.376. The van der Waals surface area contributed by atoms with Crippen molar-refractivity contribution in [3.05, 3.63) is 70.8 Å². The molecule has 0 unspecified atom stereocenters. The molecule has 0 saturated heterocycles. The second kappa shape index (κ2) is 8.55. The predicted octanol–water partition coefficient (Wildman–Crippen LogP) is 3.81. The molecular formula is C19H15ClFN3O3. The molecule has 3 rings (SSSR count). The van der Waals surface area contributed by atoms with Gasteiger partial charge in [-0.05, 0) is 36.4 Å². The highest BCUT2D eigenvalue weighted by Gasteiger charge is 2.13. The van der Waals surface area contributed by atoms with Gasteiger partial charge in [0, 0.05) is 24.0 Å². The molecule has 0 spiro atoms. The Bertz CT molecular complexity index is 957. The van der Waals surface area contributed by atoms with Gasteiger partial charge in [-0.25, -0.2) is 4.39 Å². The molecule has 0 aliphatic rings. The zero-order chi connectivity index (χ0) is 19.2. The first-order chi connectivity index (χ1) is 13.0. The summed E-state index contributed by atoms with van der Waals surface area (Å²) in [5.41, 5.74) is 0.996. The van der Waals surface area contributed by atoms with Gasteiger partial charge in [0.15, 0.2) is 5.78 Å². The van der Waals surface area contributed by atoms with E-state index in [1.807, 2.05) is 0 Å². The summed E-state index contributed by atoms with van der Waals surface area (Å²) in [7, 11) is 0. The fourth-order valence-corrected chi connectivity index (χ4v) is 2.60. The van der Waals surface area contributed by atoms with Gasteiger partial charge in [-0.3, -0.25) is 9.59 Å². The highest BCUT2D eigenvalue weighted by molar-refractivity contribution is 6.34. The molecule has 1 heterocycles. The Morgan fingerprint density at radius 3 is 2.56 bits per heavy atom. The fraction of sp³-hybridized carbons (Fsp3) is 0.158. The van der Waals surface area contributed by atoms with E-state index in [4.69, 9.17) is 16.1 Å². The lowest BCUT2D eigenvalue weighted by molar-refractivity contribution is -0.121. The summed E-state index contributed by atoms with van der Waals surface area (Å²) in [6.07, 6.45) is 0.0588. The van der Waals surface area contributed by atoms with Gasteiger partial charge in [-0.1, -0.05) is 28.9 Å². The second-order valence-corrected chi connectivity index (χ2v) is 6.11. The number of carbonyl (C=O) groups is 2. The number of hydrogen-bond donors (Lipinski definition) is 1. The minimum atomic E-state index is -0.360.